The zero-order valence-corrected chi connectivity index (χ0v) is 17.9. The number of halogens is 2. The second-order valence-corrected chi connectivity index (χ2v) is 9.19. The number of carbonyl (C=O) groups excluding carboxylic acids is 3. The lowest BCUT2D eigenvalue weighted by Crippen LogP contribution is -2.54. The molecule has 1 aromatic rings. The molecule has 2 saturated heterocycles. The predicted octanol–water partition coefficient (Wildman–Crippen LogP) is 3.05. The van der Waals surface area contributed by atoms with Gasteiger partial charge in [-0.25, -0.2) is 0 Å². The van der Waals surface area contributed by atoms with Gasteiger partial charge < -0.3 is 15.1 Å². The van der Waals surface area contributed by atoms with Crippen molar-refractivity contribution in [2.45, 2.75) is 50.6 Å². The molecule has 2 aliphatic heterocycles. The first-order valence-corrected chi connectivity index (χ1v) is 10.9. The van der Waals surface area contributed by atoms with Crippen LogP contribution in [-0.2, 0) is 14.4 Å². The molecule has 6 nitrogen and oxygen atoms in total. The molecule has 8 heteroatoms. The SMILES string of the molecule is C[C@H]1CN(C(=O)CC[C@@]2(C3CC3)NC(=O)CC2=O)CCN1c1ccc(Cl)c(Cl)c1. The average molecular weight is 438 g/mol. The molecule has 3 fully saturated rings. The van der Waals surface area contributed by atoms with E-state index in [9.17, 15) is 14.4 Å². The second-order valence-electron chi connectivity index (χ2n) is 8.37. The van der Waals surface area contributed by atoms with Crippen LogP contribution in [0.1, 0.15) is 39.0 Å². The van der Waals surface area contributed by atoms with Gasteiger partial charge in [0.15, 0.2) is 5.78 Å². The Hall–Kier alpha value is -1.79. The summed E-state index contributed by atoms with van der Waals surface area (Å²) in [4.78, 5) is 41.1. The number of Topliss-reactive ketones (excluding diaryl/α,β-unsaturated/α-hetero) is 1. The summed E-state index contributed by atoms with van der Waals surface area (Å²) in [6, 6.07) is 5.71. The number of piperazine rings is 1. The highest BCUT2D eigenvalue weighted by atomic mass is 35.5. The molecule has 156 valence electrons. The molecule has 3 aliphatic rings. The maximum atomic E-state index is 12.9. The van der Waals surface area contributed by atoms with Gasteiger partial charge >= 0.3 is 0 Å². The molecule has 29 heavy (non-hydrogen) atoms. The number of nitrogens with zero attached hydrogens (tertiary/aromatic N) is 2. The van der Waals surface area contributed by atoms with Crippen LogP contribution in [0.2, 0.25) is 10.0 Å². The minimum absolute atomic E-state index is 0.0413. The number of ketones is 1. The first kappa shape index (κ1) is 20.5. The van der Waals surface area contributed by atoms with Gasteiger partial charge in [0.2, 0.25) is 11.8 Å². The molecule has 0 spiro atoms. The summed E-state index contributed by atoms with van der Waals surface area (Å²) >= 11 is 12.2. The molecule has 1 aliphatic carbocycles. The lowest BCUT2D eigenvalue weighted by atomic mass is 9.85. The van der Waals surface area contributed by atoms with Crippen LogP contribution in [0, 0.1) is 5.92 Å². The number of amides is 2. The Morgan fingerprint density at radius 2 is 1.97 bits per heavy atom. The molecule has 0 radical (unpaired) electrons. The Morgan fingerprint density at radius 3 is 2.55 bits per heavy atom. The molecule has 2 atom stereocenters. The molecule has 1 aromatic carbocycles. The topological polar surface area (TPSA) is 69.7 Å². The van der Waals surface area contributed by atoms with E-state index in [-0.39, 0.29) is 42.4 Å². The van der Waals surface area contributed by atoms with Crippen LogP contribution in [0.15, 0.2) is 18.2 Å². The first-order chi connectivity index (χ1) is 13.8. The highest BCUT2D eigenvalue weighted by Gasteiger charge is 2.55. The maximum absolute atomic E-state index is 12.9. The zero-order valence-electron chi connectivity index (χ0n) is 16.4. The summed E-state index contributed by atoms with van der Waals surface area (Å²) in [6.07, 6.45) is 2.52. The van der Waals surface area contributed by atoms with E-state index in [1.165, 1.54) is 0 Å². The summed E-state index contributed by atoms with van der Waals surface area (Å²) in [6.45, 7) is 4.00. The fourth-order valence-corrected chi connectivity index (χ4v) is 4.96. The molecule has 0 unspecified atom stereocenters. The van der Waals surface area contributed by atoms with Crippen molar-refractivity contribution in [3.63, 3.8) is 0 Å². The van der Waals surface area contributed by atoms with Gasteiger partial charge in [-0.3, -0.25) is 14.4 Å². The predicted molar refractivity (Wildman–Crippen MR) is 112 cm³/mol. The monoisotopic (exact) mass is 437 g/mol. The average Bonchev–Trinajstić information content (AvgIpc) is 3.48. The van der Waals surface area contributed by atoms with Crippen LogP contribution in [-0.4, -0.2) is 53.7 Å². The van der Waals surface area contributed by atoms with Crippen molar-refractivity contribution in [2.24, 2.45) is 5.92 Å². The van der Waals surface area contributed by atoms with Gasteiger partial charge in [-0.2, -0.15) is 0 Å². The molecule has 1 saturated carbocycles. The molecule has 1 N–H and O–H groups in total. The number of carbonyl (C=O) groups is 3. The Morgan fingerprint density at radius 1 is 1.21 bits per heavy atom. The van der Waals surface area contributed by atoms with Crippen LogP contribution in [0.3, 0.4) is 0 Å². The summed E-state index contributed by atoms with van der Waals surface area (Å²) in [5.41, 5.74) is 0.186. The number of nitrogens with one attached hydrogen (secondary N) is 1. The van der Waals surface area contributed by atoms with Crippen molar-refractivity contribution in [1.29, 1.82) is 0 Å². The van der Waals surface area contributed by atoms with Gasteiger partial charge in [0.05, 0.1) is 16.5 Å². The van der Waals surface area contributed by atoms with Gasteiger partial charge in [0.1, 0.15) is 5.54 Å². The number of anilines is 1. The second kappa shape index (κ2) is 7.80. The molecule has 2 heterocycles. The fraction of sp³-hybridized carbons (Fsp3) is 0.571. The van der Waals surface area contributed by atoms with E-state index in [4.69, 9.17) is 23.2 Å². The minimum Gasteiger partial charge on any atom is -0.365 e. The van der Waals surface area contributed by atoms with Crippen molar-refractivity contribution in [3.8, 4) is 0 Å². The van der Waals surface area contributed by atoms with Crippen LogP contribution in [0.25, 0.3) is 0 Å². The molecule has 0 aromatic heterocycles. The lowest BCUT2D eigenvalue weighted by Gasteiger charge is -2.41. The summed E-state index contributed by atoms with van der Waals surface area (Å²) in [7, 11) is 0. The Balaban J connectivity index is 1.36. The van der Waals surface area contributed by atoms with Crippen molar-refractivity contribution < 1.29 is 14.4 Å². The Labute approximate surface area is 180 Å². The Bertz CT molecular complexity index is 858. The van der Waals surface area contributed by atoms with E-state index in [0.29, 0.717) is 36.1 Å². The van der Waals surface area contributed by atoms with Crippen LogP contribution < -0.4 is 10.2 Å². The highest BCUT2D eigenvalue weighted by Crippen LogP contribution is 2.45. The van der Waals surface area contributed by atoms with Gasteiger partial charge in [0, 0.05) is 37.8 Å². The lowest BCUT2D eigenvalue weighted by molar-refractivity contribution is -0.133. The van der Waals surface area contributed by atoms with E-state index in [1.807, 2.05) is 17.0 Å². The van der Waals surface area contributed by atoms with Crippen LogP contribution in [0.4, 0.5) is 5.69 Å². The van der Waals surface area contributed by atoms with Crippen LogP contribution in [0.5, 0.6) is 0 Å². The largest absolute Gasteiger partial charge is 0.365 e. The fourth-order valence-electron chi connectivity index (χ4n) is 4.67. The van der Waals surface area contributed by atoms with Gasteiger partial charge in [-0.15, -0.1) is 0 Å². The van der Waals surface area contributed by atoms with Crippen LogP contribution >= 0.6 is 23.2 Å². The van der Waals surface area contributed by atoms with Crippen molar-refractivity contribution in [3.05, 3.63) is 28.2 Å². The van der Waals surface area contributed by atoms with E-state index in [0.717, 1.165) is 18.5 Å². The Kier molecular flexibility index (Phi) is 5.51. The first-order valence-electron chi connectivity index (χ1n) is 10.1. The normalized spacial score (nSPS) is 27.3. The third-order valence-electron chi connectivity index (χ3n) is 6.40. The minimum atomic E-state index is -0.805. The van der Waals surface area contributed by atoms with Gasteiger partial charge in [0.25, 0.3) is 0 Å². The third-order valence-corrected chi connectivity index (χ3v) is 7.14. The molecular formula is C21H25Cl2N3O3. The highest BCUT2D eigenvalue weighted by molar-refractivity contribution is 6.42. The maximum Gasteiger partial charge on any atom is 0.228 e. The van der Waals surface area contributed by atoms with Gasteiger partial charge in [-0.1, -0.05) is 23.2 Å². The van der Waals surface area contributed by atoms with Crippen molar-refractivity contribution in [1.82, 2.24) is 10.2 Å². The number of hydrogen-bond acceptors (Lipinski definition) is 4. The number of hydrogen-bond donors (Lipinski definition) is 1. The quantitative estimate of drug-likeness (QED) is 0.718. The summed E-state index contributed by atoms with van der Waals surface area (Å²) < 4.78 is 0. The third kappa shape index (κ3) is 3.97. The zero-order chi connectivity index (χ0) is 20.8. The molecule has 2 amide bonds. The number of benzene rings is 1. The summed E-state index contributed by atoms with van der Waals surface area (Å²) in [5.74, 6) is -0.0203. The smallest absolute Gasteiger partial charge is 0.228 e. The molecule has 4 rings (SSSR count). The van der Waals surface area contributed by atoms with E-state index < -0.39 is 5.54 Å². The molecular weight excluding hydrogens is 413 g/mol. The molecule has 0 bridgehead atoms. The van der Waals surface area contributed by atoms with E-state index in [2.05, 4.69) is 17.1 Å². The summed E-state index contributed by atoms with van der Waals surface area (Å²) in [5, 5.41) is 3.93. The van der Waals surface area contributed by atoms with Crippen molar-refractivity contribution in [2.75, 3.05) is 24.5 Å². The van der Waals surface area contributed by atoms with E-state index in [1.54, 1.807) is 6.07 Å². The number of rotatable bonds is 5. The standard InChI is InChI=1S/C21H25Cl2N3O3/c1-13-12-25(8-9-26(13)15-4-5-16(22)17(23)10-15)20(29)6-7-21(14-2-3-14)18(27)11-19(28)24-21/h4-5,10,13-14H,2-3,6-9,11-12H2,1H3,(H,24,28)/t13-,21-/m0/s1. The van der Waals surface area contributed by atoms with Crippen molar-refractivity contribution >= 4 is 46.5 Å². The van der Waals surface area contributed by atoms with E-state index >= 15 is 0 Å². The van der Waals surface area contributed by atoms with Gasteiger partial charge in [-0.05, 0) is 50.3 Å².